The van der Waals surface area contributed by atoms with E-state index in [1.807, 2.05) is 0 Å². The molecule has 6 nitrogen and oxygen atoms in total. The van der Waals surface area contributed by atoms with Crippen LogP contribution in [0.15, 0.2) is 12.3 Å². The Morgan fingerprint density at radius 2 is 2.42 bits per heavy atom. The molecular weight excluding hydrogens is 268 g/mol. The number of ether oxygens (including phenoxy) is 1. The summed E-state index contributed by atoms with van der Waals surface area (Å²) in [6, 6.07) is 2.16. The number of nitrogens with one attached hydrogen (secondary N) is 1. The van der Waals surface area contributed by atoms with Gasteiger partial charge in [-0.25, -0.2) is 9.78 Å². The summed E-state index contributed by atoms with van der Waals surface area (Å²) in [4.78, 5) is 16.0. The first-order chi connectivity index (χ1) is 9.19. The molecule has 1 fully saturated rings. The molecule has 0 unspecified atom stereocenters. The average Bonchev–Trinajstić information content (AvgIpc) is 3.06. The van der Waals surface area contributed by atoms with Gasteiger partial charge in [0, 0.05) is 12.1 Å². The molecule has 2 heterocycles. The van der Waals surface area contributed by atoms with Gasteiger partial charge in [0.2, 0.25) is 0 Å². The quantitative estimate of drug-likeness (QED) is 0.686. The molecule has 0 spiro atoms. The van der Waals surface area contributed by atoms with Crippen molar-refractivity contribution in [1.29, 1.82) is 0 Å². The summed E-state index contributed by atoms with van der Waals surface area (Å²) >= 11 is 5.99. The molecule has 3 rings (SSSR count). The van der Waals surface area contributed by atoms with Crippen LogP contribution in [0.5, 0.6) is 0 Å². The van der Waals surface area contributed by atoms with E-state index >= 15 is 0 Å². The van der Waals surface area contributed by atoms with Crippen molar-refractivity contribution < 1.29 is 9.53 Å². The van der Waals surface area contributed by atoms with Gasteiger partial charge in [0.05, 0.1) is 12.8 Å². The number of fused-ring (bicyclic) bond motifs is 1. The van der Waals surface area contributed by atoms with Crippen LogP contribution < -0.4 is 5.32 Å². The highest BCUT2D eigenvalue weighted by Crippen LogP contribution is 2.26. The highest BCUT2D eigenvalue weighted by atomic mass is 35.5. The van der Waals surface area contributed by atoms with Gasteiger partial charge in [-0.1, -0.05) is 11.6 Å². The number of hydrogen-bond donors (Lipinski definition) is 1. The summed E-state index contributed by atoms with van der Waals surface area (Å²) in [6.07, 6.45) is 3.72. The number of rotatable bonds is 4. The van der Waals surface area contributed by atoms with Crippen molar-refractivity contribution in [1.82, 2.24) is 14.6 Å². The van der Waals surface area contributed by atoms with Gasteiger partial charge in [-0.05, 0) is 19.8 Å². The van der Waals surface area contributed by atoms with Crippen molar-refractivity contribution in [2.24, 2.45) is 0 Å². The van der Waals surface area contributed by atoms with Gasteiger partial charge in [0.15, 0.2) is 5.65 Å². The molecule has 19 heavy (non-hydrogen) atoms. The second-order valence-electron chi connectivity index (χ2n) is 4.40. The lowest BCUT2D eigenvalue weighted by atomic mass is 10.3. The monoisotopic (exact) mass is 280 g/mol. The smallest absolute Gasteiger partial charge is 0.343 e. The second kappa shape index (κ2) is 4.70. The molecule has 2 aromatic rings. The maximum atomic E-state index is 11.8. The van der Waals surface area contributed by atoms with E-state index in [1.165, 1.54) is 6.20 Å². The SMILES string of the molecule is CCOC(=O)c1cnn2c(NC3CC3)cc(Cl)nc12. The van der Waals surface area contributed by atoms with E-state index in [2.05, 4.69) is 15.4 Å². The Balaban J connectivity index is 2.06. The predicted molar refractivity (Wildman–Crippen MR) is 70.6 cm³/mol. The van der Waals surface area contributed by atoms with Gasteiger partial charge in [-0.15, -0.1) is 0 Å². The fourth-order valence-electron chi connectivity index (χ4n) is 1.83. The molecule has 1 N–H and O–H groups in total. The Morgan fingerprint density at radius 3 is 3.11 bits per heavy atom. The Bertz CT molecular complexity index is 636. The van der Waals surface area contributed by atoms with Gasteiger partial charge < -0.3 is 10.1 Å². The third-order valence-corrected chi connectivity index (χ3v) is 3.06. The number of anilines is 1. The van der Waals surface area contributed by atoms with Crippen LogP contribution >= 0.6 is 11.6 Å². The van der Waals surface area contributed by atoms with Crippen LogP contribution in [0.1, 0.15) is 30.1 Å². The zero-order valence-electron chi connectivity index (χ0n) is 10.4. The van der Waals surface area contributed by atoms with E-state index in [9.17, 15) is 4.79 Å². The van der Waals surface area contributed by atoms with Crippen molar-refractivity contribution in [2.45, 2.75) is 25.8 Å². The molecular formula is C12H13ClN4O2. The van der Waals surface area contributed by atoms with Gasteiger partial charge in [0.25, 0.3) is 0 Å². The average molecular weight is 281 g/mol. The van der Waals surface area contributed by atoms with Crippen molar-refractivity contribution in [3.63, 3.8) is 0 Å². The number of aromatic nitrogens is 3. The normalized spacial score (nSPS) is 14.6. The minimum absolute atomic E-state index is 0.309. The zero-order valence-corrected chi connectivity index (χ0v) is 11.1. The number of carbonyl (C=O) groups is 1. The first-order valence-corrected chi connectivity index (χ1v) is 6.54. The molecule has 100 valence electrons. The predicted octanol–water partition coefficient (Wildman–Crippen LogP) is 2.13. The number of nitrogens with zero attached hydrogens (tertiary/aromatic N) is 3. The third kappa shape index (κ3) is 2.35. The Kier molecular flexibility index (Phi) is 3.02. The Morgan fingerprint density at radius 1 is 1.63 bits per heavy atom. The minimum atomic E-state index is -0.440. The topological polar surface area (TPSA) is 68.5 Å². The standard InChI is InChI=1S/C12H13ClN4O2/c1-2-19-12(18)8-6-14-17-10(15-7-3-4-7)5-9(13)16-11(8)17/h5-7,15H,2-4H2,1H3. The molecule has 0 amide bonds. The lowest BCUT2D eigenvalue weighted by Crippen LogP contribution is -2.09. The fraction of sp³-hybridized carbons (Fsp3) is 0.417. The summed E-state index contributed by atoms with van der Waals surface area (Å²) in [6.45, 7) is 2.06. The summed E-state index contributed by atoms with van der Waals surface area (Å²) in [5.74, 6) is 0.303. The summed E-state index contributed by atoms with van der Waals surface area (Å²) in [7, 11) is 0. The highest BCUT2D eigenvalue weighted by molar-refractivity contribution is 6.29. The molecule has 7 heteroatoms. The van der Waals surface area contributed by atoms with Crippen LogP contribution in [0, 0.1) is 0 Å². The molecule has 1 saturated carbocycles. The molecule has 2 aromatic heterocycles. The Labute approximate surface area is 114 Å². The third-order valence-electron chi connectivity index (χ3n) is 2.87. The molecule has 0 radical (unpaired) electrons. The second-order valence-corrected chi connectivity index (χ2v) is 4.78. The first kappa shape index (κ1) is 12.2. The minimum Gasteiger partial charge on any atom is -0.462 e. The van der Waals surface area contributed by atoms with E-state index in [4.69, 9.17) is 16.3 Å². The number of halogens is 1. The van der Waals surface area contributed by atoms with E-state index in [0.29, 0.717) is 29.0 Å². The van der Waals surface area contributed by atoms with E-state index < -0.39 is 5.97 Å². The largest absolute Gasteiger partial charge is 0.462 e. The van der Waals surface area contributed by atoms with Crippen molar-refractivity contribution in [3.8, 4) is 0 Å². The maximum absolute atomic E-state index is 11.8. The maximum Gasteiger partial charge on any atom is 0.343 e. The van der Waals surface area contributed by atoms with Gasteiger partial charge in [-0.3, -0.25) is 0 Å². The van der Waals surface area contributed by atoms with Gasteiger partial charge in [0.1, 0.15) is 16.5 Å². The van der Waals surface area contributed by atoms with E-state index in [-0.39, 0.29) is 0 Å². The molecule has 0 aromatic carbocycles. The van der Waals surface area contributed by atoms with Crippen molar-refractivity contribution in [2.75, 3.05) is 11.9 Å². The van der Waals surface area contributed by atoms with Crippen LogP contribution in [-0.4, -0.2) is 33.2 Å². The van der Waals surface area contributed by atoms with Crippen LogP contribution in [0.3, 0.4) is 0 Å². The van der Waals surface area contributed by atoms with Crippen LogP contribution in [0.2, 0.25) is 5.15 Å². The lowest BCUT2D eigenvalue weighted by Gasteiger charge is -2.07. The molecule has 0 bridgehead atoms. The molecule has 1 aliphatic carbocycles. The summed E-state index contributed by atoms with van der Waals surface area (Å²) < 4.78 is 6.55. The molecule has 1 aliphatic rings. The van der Waals surface area contributed by atoms with Gasteiger partial charge in [-0.2, -0.15) is 9.61 Å². The van der Waals surface area contributed by atoms with Crippen molar-refractivity contribution >= 4 is 29.0 Å². The number of hydrogen-bond acceptors (Lipinski definition) is 5. The van der Waals surface area contributed by atoms with E-state index in [1.54, 1.807) is 17.5 Å². The summed E-state index contributed by atoms with van der Waals surface area (Å²) in [5, 5.41) is 7.80. The zero-order chi connectivity index (χ0) is 13.4. The molecule has 0 atom stereocenters. The van der Waals surface area contributed by atoms with Crippen molar-refractivity contribution in [3.05, 3.63) is 23.0 Å². The molecule has 0 saturated heterocycles. The number of esters is 1. The first-order valence-electron chi connectivity index (χ1n) is 6.17. The Hall–Kier alpha value is -1.82. The van der Waals surface area contributed by atoms with Crippen LogP contribution in [-0.2, 0) is 4.74 Å². The molecule has 0 aliphatic heterocycles. The van der Waals surface area contributed by atoms with E-state index in [0.717, 1.165) is 18.7 Å². The van der Waals surface area contributed by atoms with Crippen LogP contribution in [0.4, 0.5) is 5.82 Å². The number of carbonyl (C=O) groups excluding carboxylic acids is 1. The van der Waals surface area contributed by atoms with Crippen LogP contribution in [0.25, 0.3) is 5.65 Å². The summed E-state index contributed by atoms with van der Waals surface area (Å²) in [5.41, 5.74) is 0.734. The fourth-order valence-corrected chi connectivity index (χ4v) is 2.01. The highest BCUT2D eigenvalue weighted by Gasteiger charge is 2.24. The van der Waals surface area contributed by atoms with Gasteiger partial charge >= 0.3 is 5.97 Å². The lowest BCUT2D eigenvalue weighted by molar-refractivity contribution is 0.0528.